The zero-order chi connectivity index (χ0) is 21.5. The maximum absolute atomic E-state index is 11.7. The topological polar surface area (TPSA) is 37.3 Å². The van der Waals surface area contributed by atoms with Crippen molar-refractivity contribution >= 4 is 25.4 Å². The number of carboxylic acid groups (broad SMARTS) is 1. The van der Waals surface area contributed by atoms with Crippen molar-refractivity contribution in [2.45, 2.75) is 30.0 Å². The van der Waals surface area contributed by atoms with Gasteiger partial charge in [0.1, 0.15) is 0 Å². The molecule has 0 radical (unpaired) electrons. The summed E-state index contributed by atoms with van der Waals surface area (Å²) in [6.45, 7) is 0. The van der Waals surface area contributed by atoms with Crippen LogP contribution in [0.25, 0.3) is 0 Å². The molecule has 31 heavy (non-hydrogen) atoms. The summed E-state index contributed by atoms with van der Waals surface area (Å²) in [6.07, 6.45) is 7.16. The predicted molar refractivity (Wildman–Crippen MR) is 128 cm³/mol. The van der Waals surface area contributed by atoms with Gasteiger partial charge in [0.25, 0.3) is 0 Å². The van der Waals surface area contributed by atoms with Crippen LogP contribution in [0.1, 0.15) is 30.4 Å². The third-order valence-corrected chi connectivity index (χ3v) is 8.65. The van der Waals surface area contributed by atoms with Crippen LogP contribution in [0.15, 0.2) is 103 Å². The van der Waals surface area contributed by atoms with E-state index in [-0.39, 0.29) is 26.3 Å². The fourth-order valence-corrected chi connectivity index (χ4v) is 6.58. The van der Waals surface area contributed by atoms with Crippen molar-refractivity contribution in [3.8, 4) is 0 Å². The van der Waals surface area contributed by atoms with Crippen LogP contribution in [-0.2, 0) is 10.2 Å². The van der Waals surface area contributed by atoms with E-state index in [2.05, 4.69) is 84.9 Å². The van der Waals surface area contributed by atoms with Gasteiger partial charge in [0.05, 0.1) is 0 Å². The first-order chi connectivity index (χ1) is 15.2. The summed E-state index contributed by atoms with van der Waals surface area (Å²) in [4.78, 5) is 11.7. The van der Waals surface area contributed by atoms with Crippen LogP contribution in [0.2, 0.25) is 5.32 Å². The van der Waals surface area contributed by atoms with Crippen molar-refractivity contribution in [3.63, 3.8) is 0 Å². The van der Waals surface area contributed by atoms with E-state index in [4.69, 9.17) is 0 Å². The number of carboxylic acids is 1. The normalized spacial score (nSPS) is 18.0. The van der Waals surface area contributed by atoms with Gasteiger partial charge in [-0.1, -0.05) is 0 Å². The van der Waals surface area contributed by atoms with E-state index in [1.165, 1.54) is 15.6 Å². The van der Waals surface area contributed by atoms with Crippen LogP contribution >= 0.6 is 0 Å². The van der Waals surface area contributed by atoms with Crippen LogP contribution in [0, 0.1) is 11.8 Å². The molecular weight excluding hydrogens is 447 g/mol. The van der Waals surface area contributed by atoms with Gasteiger partial charge in [-0.3, -0.25) is 0 Å². The molecule has 1 saturated carbocycles. The molecule has 0 spiro atoms. The number of hydrogen-bond donors (Lipinski definition) is 1. The summed E-state index contributed by atoms with van der Waals surface area (Å²) in [7, 11) is 0. The first-order valence-electron chi connectivity index (χ1n) is 10.9. The zero-order valence-electron chi connectivity index (χ0n) is 17.6. The Balaban J connectivity index is 1.37. The van der Waals surface area contributed by atoms with Gasteiger partial charge in [0.15, 0.2) is 0 Å². The Labute approximate surface area is 191 Å². The Morgan fingerprint density at radius 1 is 0.935 bits per heavy atom. The molecule has 0 saturated heterocycles. The van der Waals surface area contributed by atoms with Crippen LogP contribution in [0.5, 0.6) is 0 Å². The minimum atomic E-state index is -0.666. The first-order valence-corrected chi connectivity index (χ1v) is 13.0. The molecule has 3 heteroatoms. The second kappa shape index (κ2) is 10.1. The van der Waals surface area contributed by atoms with E-state index in [9.17, 15) is 9.90 Å². The fraction of sp³-hybridized carbons (Fsp3) is 0.250. The van der Waals surface area contributed by atoms with E-state index < -0.39 is 5.97 Å². The molecule has 3 aromatic carbocycles. The van der Waals surface area contributed by atoms with E-state index >= 15 is 0 Å². The number of benzene rings is 3. The van der Waals surface area contributed by atoms with E-state index in [0.717, 1.165) is 18.2 Å². The number of aliphatic carboxylic acids is 1. The van der Waals surface area contributed by atoms with Crippen molar-refractivity contribution in [2.24, 2.45) is 11.8 Å². The number of rotatable bonds is 10. The summed E-state index contributed by atoms with van der Waals surface area (Å²) in [5.41, 5.74) is 2.79. The Morgan fingerprint density at radius 3 is 2.03 bits per heavy atom. The van der Waals surface area contributed by atoms with Crippen LogP contribution in [0.4, 0.5) is 0 Å². The molecule has 1 fully saturated rings. The average molecular weight is 475 g/mol. The summed E-state index contributed by atoms with van der Waals surface area (Å²) >= 11 is 0.209. The second-order valence-electron chi connectivity index (χ2n) is 8.18. The summed E-state index contributed by atoms with van der Waals surface area (Å²) in [5.74, 6) is -0.466. The van der Waals surface area contributed by atoms with Crippen molar-refractivity contribution in [2.75, 3.05) is 0 Å². The molecule has 0 bridgehead atoms. The van der Waals surface area contributed by atoms with E-state index in [1.807, 2.05) is 18.2 Å². The molecular formula is C28H28O2Se. The van der Waals surface area contributed by atoms with Gasteiger partial charge in [0, 0.05) is 0 Å². The van der Waals surface area contributed by atoms with Gasteiger partial charge in [-0.15, -0.1) is 0 Å². The summed E-state index contributed by atoms with van der Waals surface area (Å²) < 4.78 is 1.27. The van der Waals surface area contributed by atoms with E-state index in [0.29, 0.717) is 12.3 Å². The molecule has 158 valence electrons. The molecule has 2 nitrogen and oxygen atoms in total. The second-order valence-corrected chi connectivity index (χ2v) is 10.5. The molecule has 0 aliphatic heterocycles. The molecule has 2 atom stereocenters. The van der Waals surface area contributed by atoms with Gasteiger partial charge in [-0.05, 0) is 0 Å². The van der Waals surface area contributed by atoms with Crippen LogP contribution in [0.3, 0.4) is 0 Å². The third kappa shape index (κ3) is 5.18. The quantitative estimate of drug-likeness (QED) is 0.312. The predicted octanol–water partition coefficient (Wildman–Crippen LogP) is 5.48. The molecule has 1 aliphatic carbocycles. The first kappa shape index (κ1) is 21.6. The fourth-order valence-electron chi connectivity index (χ4n) is 4.37. The molecule has 1 N–H and O–H groups in total. The monoisotopic (exact) mass is 476 g/mol. The van der Waals surface area contributed by atoms with E-state index in [1.54, 1.807) is 0 Å². The molecule has 1 aliphatic rings. The number of allylic oxidation sites excluding steroid dienone is 2. The molecule has 0 aromatic heterocycles. The van der Waals surface area contributed by atoms with Gasteiger partial charge in [-0.2, -0.15) is 0 Å². The summed E-state index contributed by atoms with van der Waals surface area (Å²) in [5, 5.41) is 10.4. The van der Waals surface area contributed by atoms with Crippen LogP contribution in [-0.4, -0.2) is 26.0 Å². The molecule has 0 amide bonds. The Kier molecular flexibility index (Phi) is 7.06. The zero-order valence-corrected chi connectivity index (χ0v) is 19.3. The SMILES string of the molecule is O=C(O)C(CC/C=C/C1CC1(c1ccccc1)c1ccccc1)C[Se]c1ccccc1. The van der Waals surface area contributed by atoms with Gasteiger partial charge < -0.3 is 0 Å². The molecule has 2 unspecified atom stereocenters. The number of carbonyl (C=O) groups is 1. The van der Waals surface area contributed by atoms with Crippen molar-refractivity contribution in [1.29, 1.82) is 0 Å². The van der Waals surface area contributed by atoms with Crippen molar-refractivity contribution in [3.05, 3.63) is 114 Å². The van der Waals surface area contributed by atoms with Gasteiger partial charge in [-0.25, -0.2) is 0 Å². The molecule has 3 aromatic rings. The van der Waals surface area contributed by atoms with Crippen LogP contribution < -0.4 is 4.46 Å². The number of hydrogen-bond acceptors (Lipinski definition) is 1. The van der Waals surface area contributed by atoms with Gasteiger partial charge >= 0.3 is 191 Å². The molecule has 0 heterocycles. The maximum atomic E-state index is 11.7. The summed E-state index contributed by atoms with van der Waals surface area (Å²) in [6, 6.07) is 31.8. The Morgan fingerprint density at radius 2 is 1.48 bits per heavy atom. The van der Waals surface area contributed by atoms with Crippen molar-refractivity contribution < 1.29 is 9.90 Å². The average Bonchev–Trinajstić information content (AvgIpc) is 3.55. The standard InChI is InChI=1S/C28H28O2Se/c29-27(30)22(21-31-26-18-8-3-9-19-26)12-10-11-17-25-20-28(25,23-13-4-1-5-14-23)24-15-6-2-7-16-24/h1-9,11,13-19,22,25H,10,12,20-21H2,(H,29,30)/b17-11+. The molecule has 4 rings (SSSR count). The Bertz CT molecular complexity index is 959. The minimum absolute atomic E-state index is 0.0572. The van der Waals surface area contributed by atoms with Gasteiger partial charge in [0.2, 0.25) is 0 Å². The third-order valence-electron chi connectivity index (χ3n) is 6.19. The van der Waals surface area contributed by atoms with Crippen molar-refractivity contribution in [1.82, 2.24) is 0 Å². The Hall–Kier alpha value is -2.61.